The van der Waals surface area contributed by atoms with E-state index in [9.17, 15) is 4.39 Å². The Kier molecular flexibility index (Phi) is 4.50. The van der Waals surface area contributed by atoms with Gasteiger partial charge in [0, 0.05) is 5.69 Å². The van der Waals surface area contributed by atoms with Gasteiger partial charge in [0.25, 0.3) is 0 Å². The average molecular weight is 233 g/mol. The fourth-order valence-corrected chi connectivity index (χ4v) is 2.12. The number of halogens is 1. The minimum Gasteiger partial charge on any atom is -0.399 e. The van der Waals surface area contributed by atoms with E-state index in [-0.39, 0.29) is 5.82 Å². The molecule has 0 aromatic heterocycles. The molecule has 0 bridgehead atoms. The molecule has 2 aromatic rings. The summed E-state index contributed by atoms with van der Waals surface area (Å²) in [5.41, 5.74) is 8.32. The molecule has 2 rings (SSSR count). The van der Waals surface area contributed by atoms with Gasteiger partial charge in [-0.25, -0.2) is 4.39 Å². The van der Waals surface area contributed by atoms with Crippen LogP contribution in [-0.2, 0) is 6.42 Å². The van der Waals surface area contributed by atoms with Crippen LogP contribution in [0.3, 0.4) is 0 Å². The van der Waals surface area contributed by atoms with Gasteiger partial charge in [-0.2, -0.15) is 0 Å². The maximum atomic E-state index is 13.6. The van der Waals surface area contributed by atoms with E-state index in [2.05, 4.69) is 0 Å². The quantitative estimate of drug-likeness (QED) is 0.723. The van der Waals surface area contributed by atoms with Crippen molar-refractivity contribution in [3.05, 3.63) is 41.2 Å². The van der Waals surface area contributed by atoms with Crippen molar-refractivity contribution in [3.63, 3.8) is 0 Å². The number of nitrogens with two attached hydrogens (primary N) is 1. The molecule has 0 saturated carbocycles. The third-order valence-corrected chi connectivity index (χ3v) is 2.74. The highest BCUT2D eigenvalue weighted by Gasteiger charge is 2.08. The SMILES string of the molecule is CC.CCc1c(F)ccc2cc(N)cc(C)c12. The fraction of sp³-hybridized carbons (Fsp3) is 0.333. The second-order valence-corrected chi connectivity index (χ2v) is 3.82. The van der Waals surface area contributed by atoms with Crippen molar-refractivity contribution >= 4 is 16.5 Å². The van der Waals surface area contributed by atoms with E-state index >= 15 is 0 Å². The highest BCUT2D eigenvalue weighted by molar-refractivity contribution is 5.91. The van der Waals surface area contributed by atoms with Crippen LogP contribution in [0.1, 0.15) is 31.9 Å². The van der Waals surface area contributed by atoms with E-state index in [0.717, 1.165) is 27.6 Å². The fourth-order valence-electron chi connectivity index (χ4n) is 2.12. The Morgan fingerprint density at radius 1 is 1.18 bits per heavy atom. The topological polar surface area (TPSA) is 26.0 Å². The van der Waals surface area contributed by atoms with Gasteiger partial charge in [0.1, 0.15) is 5.82 Å². The van der Waals surface area contributed by atoms with Gasteiger partial charge in [-0.05, 0) is 53.4 Å². The molecule has 92 valence electrons. The Labute approximate surface area is 102 Å². The number of fused-ring (bicyclic) bond motifs is 1. The van der Waals surface area contributed by atoms with Crippen molar-refractivity contribution in [3.8, 4) is 0 Å². The summed E-state index contributed by atoms with van der Waals surface area (Å²) in [4.78, 5) is 0. The van der Waals surface area contributed by atoms with E-state index in [1.807, 2.05) is 39.8 Å². The van der Waals surface area contributed by atoms with E-state index < -0.39 is 0 Å². The van der Waals surface area contributed by atoms with Crippen LogP contribution in [0.15, 0.2) is 24.3 Å². The van der Waals surface area contributed by atoms with Gasteiger partial charge < -0.3 is 5.73 Å². The van der Waals surface area contributed by atoms with Crippen molar-refractivity contribution in [1.82, 2.24) is 0 Å². The molecule has 0 unspecified atom stereocenters. The predicted molar refractivity (Wildman–Crippen MR) is 73.8 cm³/mol. The molecule has 0 radical (unpaired) electrons. The highest BCUT2D eigenvalue weighted by atomic mass is 19.1. The van der Waals surface area contributed by atoms with Crippen molar-refractivity contribution in [2.24, 2.45) is 0 Å². The van der Waals surface area contributed by atoms with Crippen molar-refractivity contribution < 1.29 is 4.39 Å². The lowest BCUT2D eigenvalue weighted by molar-refractivity contribution is 0.615. The number of aryl methyl sites for hydroxylation is 2. The zero-order valence-corrected chi connectivity index (χ0v) is 11.0. The zero-order chi connectivity index (χ0) is 13.0. The van der Waals surface area contributed by atoms with Crippen LogP contribution in [0.5, 0.6) is 0 Å². The molecule has 0 heterocycles. The van der Waals surface area contributed by atoms with E-state index in [4.69, 9.17) is 5.73 Å². The lowest BCUT2D eigenvalue weighted by atomic mass is 9.97. The summed E-state index contributed by atoms with van der Waals surface area (Å²) < 4.78 is 13.6. The molecule has 0 spiro atoms. The first-order chi connectivity index (χ1) is 8.13. The second kappa shape index (κ2) is 5.67. The molecule has 0 aliphatic rings. The third kappa shape index (κ3) is 2.57. The number of anilines is 1. The molecule has 2 heteroatoms. The van der Waals surface area contributed by atoms with Gasteiger partial charge in [0.2, 0.25) is 0 Å². The van der Waals surface area contributed by atoms with Gasteiger partial charge in [-0.15, -0.1) is 0 Å². The molecule has 1 nitrogen and oxygen atoms in total. The van der Waals surface area contributed by atoms with Gasteiger partial charge in [0.05, 0.1) is 0 Å². The lowest BCUT2D eigenvalue weighted by Gasteiger charge is -2.09. The molecule has 0 amide bonds. The Morgan fingerprint density at radius 3 is 2.41 bits per heavy atom. The summed E-state index contributed by atoms with van der Waals surface area (Å²) in [6.45, 7) is 7.94. The second-order valence-electron chi connectivity index (χ2n) is 3.82. The molecule has 2 N–H and O–H groups in total. The number of nitrogen functional groups attached to an aromatic ring is 1. The highest BCUT2D eigenvalue weighted by Crippen LogP contribution is 2.27. The zero-order valence-electron chi connectivity index (χ0n) is 11.0. The number of hydrogen-bond donors (Lipinski definition) is 1. The normalized spacial score (nSPS) is 9.94. The van der Waals surface area contributed by atoms with E-state index in [0.29, 0.717) is 6.42 Å². The number of rotatable bonds is 1. The Morgan fingerprint density at radius 2 is 1.82 bits per heavy atom. The van der Waals surface area contributed by atoms with Gasteiger partial charge in [0.15, 0.2) is 0 Å². The van der Waals surface area contributed by atoms with Crippen molar-refractivity contribution in [1.29, 1.82) is 0 Å². The molecule has 0 saturated heterocycles. The maximum absolute atomic E-state index is 13.6. The van der Waals surface area contributed by atoms with Crippen molar-refractivity contribution in [2.45, 2.75) is 34.1 Å². The summed E-state index contributed by atoms with van der Waals surface area (Å²) in [5.74, 6) is -0.127. The summed E-state index contributed by atoms with van der Waals surface area (Å²) in [5, 5.41) is 2.03. The molecule has 0 aliphatic carbocycles. The van der Waals surface area contributed by atoms with Crippen LogP contribution in [0.25, 0.3) is 10.8 Å². The molecule has 2 aromatic carbocycles. The molecule has 0 aliphatic heterocycles. The Bertz CT molecular complexity index is 518. The standard InChI is InChI=1S/C13H14FN.C2H6/c1-3-11-12(14)5-4-9-7-10(15)6-8(2)13(9)11;1-2/h4-7H,3,15H2,1-2H3;1-2H3. The smallest absolute Gasteiger partial charge is 0.127 e. The minimum absolute atomic E-state index is 0.127. The first-order valence-corrected chi connectivity index (χ1v) is 6.10. The van der Waals surface area contributed by atoms with Crippen LogP contribution >= 0.6 is 0 Å². The van der Waals surface area contributed by atoms with Gasteiger partial charge in [-0.1, -0.05) is 26.8 Å². The largest absolute Gasteiger partial charge is 0.399 e. The lowest BCUT2D eigenvalue weighted by Crippen LogP contribution is -1.94. The summed E-state index contributed by atoms with van der Waals surface area (Å²) in [6, 6.07) is 7.08. The first kappa shape index (κ1) is 13.5. The summed E-state index contributed by atoms with van der Waals surface area (Å²) in [6.07, 6.45) is 0.702. The van der Waals surface area contributed by atoms with Gasteiger partial charge >= 0.3 is 0 Å². The number of benzene rings is 2. The molecular formula is C15H20FN. The Balaban J connectivity index is 0.000000686. The number of hydrogen-bond acceptors (Lipinski definition) is 1. The van der Waals surface area contributed by atoms with Crippen LogP contribution < -0.4 is 5.73 Å². The van der Waals surface area contributed by atoms with Crippen molar-refractivity contribution in [2.75, 3.05) is 5.73 Å². The summed E-state index contributed by atoms with van der Waals surface area (Å²) in [7, 11) is 0. The van der Waals surface area contributed by atoms with Crippen LogP contribution in [0.2, 0.25) is 0 Å². The maximum Gasteiger partial charge on any atom is 0.127 e. The molecular weight excluding hydrogens is 213 g/mol. The molecule has 0 fully saturated rings. The van der Waals surface area contributed by atoms with Crippen LogP contribution in [0, 0.1) is 12.7 Å². The van der Waals surface area contributed by atoms with Crippen LogP contribution in [0.4, 0.5) is 10.1 Å². The summed E-state index contributed by atoms with van der Waals surface area (Å²) >= 11 is 0. The molecule has 0 atom stereocenters. The van der Waals surface area contributed by atoms with Crippen LogP contribution in [-0.4, -0.2) is 0 Å². The van der Waals surface area contributed by atoms with Gasteiger partial charge in [-0.3, -0.25) is 0 Å². The molecule has 17 heavy (non-hydrogen) atoms. The first-order valence-electron chi connectivity index (χ1n) is 6.10. The predicted octanol–water partition coefficient (Wildman–Crippen LogP) is 4.46. The van der Waals surface area contributed by atoms with E-state index in [1.54, 1.807) is 6.07 Å². The third-order valence-electron chi connectivity index (χ3n) is 2.74. The monoisotopic (exact) mass is 233 g/mol. The Hall–Kier alpha value is -1.57. The van der Waals surface area contributed by atoms with E-state index in [1.165, 1.54) is 6.07 Å². The minimum atomic E-state index is -0.127. The average Bonchev–Trinajstić information content (AvgIpc) is 2.32.